The van der Waals surface area contributed by atoms with Crippen molar-refractivity contribution >= 4 is 0 Å². The van der Waals surface area contributed by atoms with Gasteiger partial charge in [0, 0.05) is 25.2 Å². The molecule has 3 aliphatic rings. The lowest BCUT2D eigenvalue weighted by molar-refractivity contribution is -0.0646. The number of nitrogens with two attached hydrogens (primary N) is 1. The third-order valence-corrected chi connectivity index (χ3v) is 5.39. The van der Waals surface area contributed by atoms with Crippen molar-refractivity contribution in [2.24, 2.45) is 17.6 Å². The Labute approximate surface area is 111 Å². The first-order valence-electron chi connectivity index (χ1n) is 7.78. The van der Waals surface area contributed by atoms with E-state index in [4.69, 9.17) is 10.5 Å². The SMILES string of the molecule is CC(C)C1CCC(N)C(N2CC3CCC(C2)O3)C1. The predicted molar refractivity (Wildman–Crippen MR) is 73.4 cm³/mol. The summed E-state index contributed by atoms with van der Waals surface area (Å²) in [5.41, 5.74) is 6.40. The Morgan fingerprint density at radius 1 is 1.06 bits per heavy atom. The molecule has 0 aromatic rings. The molecule has 2 bridgehead atoms. The highest BCUT2D eigenvalue weighted by molar-refractivity contribution is 4.95. The Bertz CT molecular complexity index is 282. The molecule has 1 aliphatic carbocycles. The van der Waals surface area contributed by atoms with Crippen LogP contribution in [0.2, 0.25) is 0 Å². The molecule has 2 saturated heterocycles. The maximum atomic E-state index is 6.40. The minimum absolute atomic E-state index is 0.387. The highest BCUT2D eigenvalue weighted by Gasteiger charge is 2.40. The fourth-order valence-corrected chi connectivity index (χ4v) is 4.14. The zero-order valence-electron chi connectivity index (χ0n) is 11.8. The first kappa shape index (κ1) is 12.9. The van der Waals surface area contributed by atoms with Gasteiger partial charge in [-0.15, -0.1) is 0 Å². The number of hydrogen-bond acceptors (Lipinski definition) is 3. The van der Waals surface area contributed by atoms with E-state index < -0.39 is 0 Å². The number of rotatable bonds is 2. The second-order valence-corrected chi connectivity index (χ2v) is 6.96. The zero-order valence-corrected chi connectivity index (χ0v) is 11.8. The third kappa shape index (κ3) is 2.45. The first-order chi connectivity index (χ1) is 8.63. The lowest BCUT2D eigenvalue weighted by Gasteiger charge is -2.45. The number of nitrogens with zero attached hydrogens (tertiary/aromatic N) is 1. The van der Waals surface area contributed by atoms with Gasteiger partial charge in [0.15, 0.2) is 0 Å². The zero-order chi connectivity index (χ0) is 12.7. The molecule has 0 aromatic carbocycles. The van der Waals surface area contributed by atoms with Crippen molar-refractivity contribution in [1.29, 1.82) is 0 Å². The Morgan fingerprint density at radius 3 is 2.33 bits per heavy atom. The predicted octanol–water partition coefficient (Wildman–Crippen LogP) is 2.00. The van der Waals surface area contributed by atoms with Gasteiger partial charge in [-0.1, -0.05) is 13.8 Å². The maximum absolute atomic E-state index is 6.40. The summed E-state index contributed by atoms with van der Waals surface area (Å²) in [5.74, 6) is 1.67. The van der Waals surface area contributed by atoms with Crippen LogP contribution in [0, 0.1) is 11.8 Å². The molecule has 5 atom stereocenters. The van der Waals surface area contributed by atoms with E-state index in [0.717, 1.165) is 24.9 Å². The van der Waals surface area contributed by atoms with Gasteiger partial charge >= 0.3 is 0 Å². The van der Waals surface area contributed by atoms with Crippen molar-refractivity contribution in [3.05, 3.63) is 0 Å². The monoisotopic (exact) mass is 252 g/mol. The second kappa shape index (κ2) is 5.10. The molecule has 18 heavy (non-hydrogen) atoms. The van der Waals surface area contributed by atoms with Crippen molar-refractivity contribution in [2.45, 2.75) is 70.2 Å². The van der Waals surface area contributed by atoms with Gasteiger partial charge in [-0.05, 0) is 43.9 Å². The molecule has 2 aliphatic heterocycles. The molecule has 104 valence electrons. The Hall–Kier alpha value is -0.120. The summed E-state index contributed by atoms with van der Waals surface area (Å²) in [6, 6.07) is 0.996. The highest BCUT2D eigenvalue weighted by atomic mass is 16.5. The normalized spacial score (nSPS) is 45.7. The van der Waals surface area contributed by atoms with Crippen LogP contribution in [-0.2, 0) is 4.74 Å². The van der Waals surface area contributed by atoms with E-state index in [0.29, 0.717) is 24.3 Å². The smallest absolute Gasteiger partial charge is 0.0707 e. The minimum atomic E-state index is 0.387. The number of hydrogen-bond donors (Lipinski definition) is 1. The quantitative estimate of drug-likeness (QED) is 0.817. The first-order valence-corrected chi connectivity index (χ1v) is 7.78. The van der Waals surface area contributed by atoms with E-state index in [9.17, 15) is 0 Å². The third-order valence-electron chi connectivity index (χ3n) is 5.39. The largest absolute Gasteiger partial charge is 0.372 e. The van der Waals surface area contributed by atoms with Crippen molar-refractivity contribution in [3.8, 4) is 0 Å². The summed E-state index contributed by atoms with van der Waals surface area (Å²) in [4.78, 5) is 2.66. The van der Waals surface area contributed by atoms with Gasteiger partial charge in [0.25, 0.3) is 0 Å². The number of fused-ring (bicyclic) bond motifs is 2. The van der Waals surface area contributed by atoms with Crippen LogP contribution < -0.4 is 5.73 Å². The van der Waals surface area contributed by atoms with Gasteiger partial charge < -0.3 is 10.5 Å². The minimum Gasteiger partial charge on any atom is -0.372 e. The molecule has 5 unspecified atom stereocenters. The number of morpholine rings is 1. The second-order valence-electron chi connectivity index (χ2n) is 6.96. The van der Waals surface area contributed by atoms with E-state index in [-0.39, 0.29) is 0 Å². The van der Waals surface area contributed by atoms with Gasteiger partial charge in [-0.25, -0.2) is 0 Å². The number of ether oxygens (including phenoxy) is 1. The van der Waals surface area contributed by atoms with Crippen LogP contribution in [0.4, 0.5) is 0 Å². The fourth-order valence-electron chi connectivity index (χ4n) is 4.14. The van der Waals surface area contributed by atoms with Crippen LogP contribution >= 0.6 is 0 Å². The summed E-state index contributed by atoms with van der Waals surface area (Å²) in [7, 11) is 0. The van der Waals surface area contributed by atoms with Crippen molar-refractivity contribution < 1.29 is 4.74 Å². The molecule has 0 radical (unpaired) electrons. The molecule has 3 rings (SSSR count). The van der Waals surface area contributed by atoms with E-state index in [1.54, 1.807) is 0 Å². The molecule has 2 N–H and O–H groups in total. The van der Waals surface area contributed by atoms with E-state index >= 15 is 0 Å². The molecular formula is C15H28N2O. The topological polar surface area (TPSA) is 38.5 Å². The summed E-state index contributed by atoms with van der Waals surface area (Å²) >= 11 is 0. The van der Waals surface area contributed by atoms with Crippen LogP contribution in [0.5, 0.6) is 0 Å². The Balaban J connectivity index is 1.66. The summed E-state index contributed by atoms with van der Waals surface area (Å²) in [5, 5.41) is 0. The van der Waals surface area contributed by atoms with Crippen LogP contribution in [0.15, 0.2) is 0 Å². The molecule has 2 heterocycles. The maximum Gasteiger partial charge on any atom is 0.0707 e. The van der Waals surface area contributed by atoms with E-state index in [1.165, 1.54) is 32.1 Å². The van der Waals surface area contributed by atoms with Crippen molar-refractivity contribution in [1.82, 2.24) is 4.90 Å². The van der Waals surface area contributed by atoms with Gasteiger partial charge in [0.2, 0.25) is 0 Å². The molecule has 0 amide bonds. The number of likely N-dealkylation sites (tertiary alicyclic amines) is 1. The summed E-state index contributed by atoms with van der Waals surface area (Å²) < 4.78 is 5.95. The van der Waals surface area contributed by atoms with Crippen molar-refractivity contribution in [3.63, 3.8) is 0 Å². The standard InChI is InChI=1S/C15H28N2O/c1-10(2)11-3-6-14(16)15(7-11)17-8-12-4-5-13(9-17)18-12/h10-15H,3-9,16H2,1-2H3. The fraction of sp³-hybridized carbons (Fsp3) is 1.00. The average Bonchev–Trinajstić information content (AvgIpc) is 2.68. The van der Waals surface area contributed by atoms with Gasteiger partial charge in [0.05, 0.1) is 12.2 Å². The average molecular weight is 252 g/mol. The van der Waals surface area contributed by atoms with Gasteiger partial charge in [-0.2, -0.15) is 0 Å². The molecule has 0 aromatic heterocycles. The van der Waals surface area contributed by atoms with E-state index in [2.05, 4.69) is 18.7 Å². The highest BCUT2D eigenvalue weighted by Crippen LogP contribution is 2.35. The van der Waals surface area contributed by atoms with Crippen LogP contribution in [0.25, 0.3) is 0 Å². The van der Waals surface area contributed by atoms with Crippen molar-refractivity contribution in [2.75, 3.05) is 13.1 Å². The summed E-state index contributed by atoms with van der Waals surface area (Å²) in [6.45, 7) is 6.97. The molecule has 1 saturated carbocycles. The van der Waals surface area contributed by atoms with Crippen LogP contribution in [0.3, 0.4) is 0 Å². The molecular weight excluding hydrogens is 224 g/mol. The van der Waals surface area contributed by atoms with Crippen LogP contribution in [-0.4, -0.2) is 42.3 Å². The van der Waals surface area contributed by atoms with E-state index in [1.807, 2.05) is 0 Å². The van der Waals surface area contributed by atoms with Crippen LogP contribution in [0.1, 0.15) is 46.0 Å². The Morgan fingerprint density at radius 2 is 1.72 bits per heavy atom. The van der Waals surface area contributed by atoms with Gasteiger partial charge in [0.1, 0.15) is 0 Å². The Kier molecular flexibility index (Phi) is 3.65. The molecule has 3 nitrogen and oxygen atoms in total. The molecule has 3 fully saturated rings. The lowest BCUT2D eigenvalue weighted by Crippen LogP contribution is -2.56. The molecule has 0 spiro atoms. The lowest BCUT2D eigenvalue weighted by atomic mass is 9.76. The summed E-state index contributed by atoms with van der Waals surface area (Å²) in [6.07, 6.45) is 7.35. The van der Waals surface area contributed by atoms with Gasteiger partial charge in [-0.3, -0.25) is 4.90 Å². The molecule has 3 heteroatoms.